The predicted octanol–water partition coefficient (Wildman–Crippen LogP) is 0.831. The number of likely N-dealkylation sites (tertiary alicyclic amines) is 1. The minimum atomic E-state index is -0.915. The lowest BCUT2D eigenvalue weighted by atomic mass is 10.0. The first-order chi connectivity index (χ1) is 8.82. The van der Waals surface area contributed by atoms with Crippen LogP contribution < -0.4 is 5.32 Å². The van der Waals surface area contributed by atoms with Gasteiger partial charge in [-0.15, -0.1) is 0 Å². The Bertz CT molecular complexity index is 331. The van der Waals surface area contributed by atoms with Gasteiger partial charge in [-0.05, 0) is 32.9 Å². The summed E-state index contributed by atoms with van der Waals surface area (Å²) in [5.41, 5.74) is 0. The number of likely N-dealkylation sites (N-methyl/N-ethyl adjacent to an activating group) is 1. The minimum Gasteiger partial charge on any atom is -0.480 e. The monoisotopic (exact) mass is 271 g/mol. The summed E-state index contributed by atoms with van der Waals surface area (Å²) in [4.78, 5) is 26.7. The van der Waals surface area contributed by atoms with E-state index in [4.69, 9.17) is 5.11 Å². The Balaban J connectivity index is 2.63. The quantitative estimate of drug-likeness (QED) is 0.777. The molecule has 0 aliphatic carbocycles. The highest BCUT2D eigenvalue weighted by atomic mass is 16.4. The van der Waals surface area contributed by atoms with Crippen LogP contribution in [-0.4, -0.2) is 66.2 Å². The van der Waals surface area contributed by atoms with Gasteiger partial charge in [0.05, 0.1) is 0 Å². The summed E-state index contributed by atoms with van der Waals surface area (Å²) in [6.45, 7) is 5.37. The second-order valence-corrected chi connectivity index (χ2v) is 5.75. The zero-order valence-corrected chi connectivity index (χ0v) is 12.2. The second-order valence-electron chi connectivity index (χ2n) is 5.75. The third-order valence-electron chi connectivity index (χ3n) is 3.47. The van der Waals surface area contributed by atoms with Crippen molar-refractivity contribution in [3.8, 4) is 0 Å². The standard InChI is InChI=1S/C13H25N3O3/c1-9(2)10(8-15(3)4)14-13(19)16-7-5-6-11(16)12(17)18/h9-11H,5-8H2,1-4H3,(H,14,19)(H,17,18)/t10?,11-/m0/s1. The zero-order chi connectivity index (χ0) is 14.6. The van der Waals surface area contributed by atoms with E-state index in [1.165, 1.54) is 4.90 Å². The van der Waals surface area contributed by atoms with E-state index >= 15 is 0 Å². The van der Waals surface area contributed by atoms with Gasteiger partial charge < -0.3 is 20.2 Å². The van der Waals surface area contributed by atoms with Gasteiger partial charge in [-0.2, -0.15) is 0 Å². The Morgan fingerprint density at radius 2 is 2.05 bits per heavy atom. The summed E-state index contributed by atoms with van der Waals surface area (Å²) in [6, 6.07) is -0.907. The number of aliphatic carboxylic acids is 1. The summed E-state index contributed by atoms with van der Waals surface area (Å²) in [5, 5.41) is 12.0. The van der Waals surface area contributed by atoms with Crippen molar-refractivity contribution >= 4 is 12.0 Å². The van der Waals surface area contributed by atoms with Gasteiger partial charge in [-0.3, -0.25) is 0 Å². The van der Waals surface area contributed by atoms with E-state index in [2.05, 4.69) is 5.32 Å². The number of amides is 2. The largest absolute Gasteiger partial charge is 0.480 e. The first kappa shape index (κ1) is 15.8. The van der Waals surface area contributed by atoms with Crippen molar-refractivity contribution in [3.63, 3.8) is 0 Å². The number of urea groups is 1. The van der Waals surface area contributed by atoms with Crippen LogP contribution >= 0.6 is 0 Å². The molecule has 6 nitrogen and oxygen atoms in total. The number of hydrogen-bond acceptors (Lipinski definition) is 3. The molecular weight excluding hydrogens is 246 g/mol. The average Bonchev–Trinajstić information content (AvgIpc) is 2.76. The fraction of sp³-hybridized carbons (Fsp3) is 0.846. The first-order valence-corrected chi connectivity index (χ1v) is 6.77. The van der Waals surface area contributed by atoms with E-state index in [9.17, 15) is 9.59 Å². The Hall–Kier alpha value is -1.30. The van der Waals surface area contributed by atoms with Crippen LogP contribution in [0.4, 0.5) is 4.79 Å². The SMILES string of the molecule is CC(C)C(CN(C)C)NC(=O)N1CCC[C@H]1C(=O)O. The molecule has 0 saturated carbocycles. The fourth-order valence-corrected chi connectivity index (χ4v) is 2.32. The molecule has 1 aliphatic heterocycles. The molecule has 1 aliphatic rings. The molecule has 1 unspecified atom stereocenters. The number of nitrogens with one attached hydrogen (secondary N) is 1. The minimum absolute atomic E-state index is 0.0255. The van der Waals surface area contributed by atoms with E-state index in [1.54, 1.807) is 0 Å². The third kappa shape index (κ3) is 4.38. The van der Waals surface area contributed by atoms with Gasteiger partial charge >= 0.3 is 12.0 Å². The van der Waals surface area contributed by atoms with Crippen molar-refractivity contribution in [2.24, 2.45) is 5.92 Å². The van der Waals surface area contributed by atoms with Gasteiger partial charge in [0.15, 0.2) is 0 Å². The summed E-state index contributed by atoms with van der Waals surface area (Å²) < 4.78 is 0. The normalized spacial score (nSPS) is 20.9. The van der Waals surface area contributed by atoms with Crippen LogP contribution in [-0.2, 0) is 4.79 Å². The molecule has 19 heavy (non-hydrogen) atoms. The van der Waals surface area contributed by atoms with Gasteiger partial charge in [0.25, 0.3) is 0 Å². The average molecular weight is 271 g/mol. The van der Waals surface area contributed by atoms with E-state index < -0.39 is 12.0 Å². The van der Waals surface area contributed by atoms with Crippen molar-refractivity contribution in [1.82, 2.24) is 15.1 Å². The molecule has 2 atom stereocenters. The van der Waals surface area contributed by atoms with E-state index in [0.717, 1.165) is 13.0 Å². The van der Waals surface area contributed by atoms with Crippen LogP contribution in [0.3, 0.4) is 0 Å². The molecule has 0 radical (unpaired) electrons. The van der Waals surface area contributed by atoms with Crippen molar-refractivity contribution in [2.75, 3.05) is 27.2 Å². The van der Waals surface area contributed by atoms with Crippen molar-refractivity contribution in [2.45, 2.75) is 38.8 Å². The maximum absolute atomic E-state index is 12.2. The smallest absolute Gasteiger partial charge is 0.326 e. The third-order valence-corrected chi connectivity index (χ3v) is 3.47. The maximum Gasteiger partial charge on any atom is 0.326 e. The summed E-state index contributed by atoms with van der Waals surface area (Å²) in [6.07, 6.45) is 1.30. The molecule has 2 amide bonds. The number of carboxylic acids is 1. The molecule has 0 bridgehead atoms. The molecule has 1 saturated heterocycles. The summed E-state index contributed by atoms with van der Waals surface area (Å²) >= 11 is 0. The highest BCUT2D eigenvalue weighted by molar-refractivity contribution is 5.83. The lowest BCUT2D eigenvalue weighted by Crippen LogP contribution is -2.52. The number of carboxylic acid groups (broad SMARTS) is 1. The van der Waals surface area contributed by atoms with Gasteiger partial charge in [0.1, 0.15) is 6.04 Å². The lowest BCUT2D eigenvalue weighted by molar-refractivity contribution is -0.141. The van der Waals surface area contributed by atoms with Crippen LogP contribution in [0.5, 0.6) is 0 Å². The fourth-order valence-electron chi connectivity index (χ4n) is 2.32. The molecule has 0 aromatic rings. The van der Waals surface area contributed by atoms with Crippen LogP contribution in [0, 0.1) is 5.92 Å². The van der Waals surface area contributed by atoms with E-state index in [-0.39, 0.29) is 12.1 Å². The molecule has 1 fully saturated rings. The molecule has 0 aromatic heterocycles. The zero-order valence-electron chi connectivity index (χ0n) is 12.2. The van der Waals surface area contributed by atoms with Gasteiger partial charge in [-0.25, -0.2) is 9.59 Å². The van der Waals surface area contributed by atoms with E-state index in [0.29, 0.717) is 18.9 Å². The molecule has 0 aromatic carbocycles. The molecular formula is C13H25N3O3. The number of nitrogens with zero attached hydrogens (tertiary/aromatic N) is 2. The van der Waals surface area contributed by atoms with Crippen LogP contribution in [0.25, 0.3) is 0 Å². The van der Waals surface area contributed by atoms with Crippen LogP contribution in [0.1, 0.15) is 26.7 Å². The molecule has 110 valence electrons. The summed E-state index contributed by atoms with van der Waals surface area (Å²) in [7, 11) is 3.91. The molecule has 1 rings (SSSR count). The highest BCUT2D eigenvalue weighted by Crippen LogP contribution is 2.18. The molecule has 0 spiro atoms. The molecule has 6 heteroatoms. The Morgan fingerprint density at radius 1 is 1.42 bits per heavy atom. The number of carbonyl (C=O) groups is 2. The Labute approximate surface area is 114 Å². The lowest BCUT2D eigenvalue weighted by Gasteiger charge is -2.29. The Morgan fingerprint density at radius 3 is 2.53 bits per heavy atom. The number of carbonyl (C=O) groups excluding carboxylic acids is 1. The topological polar surface area (TPSA) is 72.9 Å². The Kier molecular flexibility index (Phi) is 5.60. The predicted molar refractivity (Wildman–Crippen MR) is 73.1 cm³/mol. The maximum atomic E-state index is 12.2. The van der Waals surface area contributed by atoms with Gasteiger partial charge in [-0.1, -0.05) is 13.8 Å². The first-order valence-electron chi connectivity index (χ1n) is 6.77. The van der Waals surface area contributed by atoms with Crippen molar-refractivity contribution < 1.29 is 14.7 Å². The van der Waals surface area contributed by atoms with Gasteiger partial charge in [0.2, 0.25) is 0 Å². The van der Waals surface area contributed by atoms with Gasteiger partial charge in [0, 0.05) is 19.1 Å². The molecule has 2 N–H and O–H groups in total. The molecule has 1 heterocycles. The highest BCUT2D eigenvalue weighted by Gasteiger charge is 2.34. The van der Waals surface area contributed by atoms with E-state index in [1.807, 2.05) is 32.8 Å². The van der Waals surface area contributed by atoms with Crippen LogP contribution in [0.2, 0.25) is 0 Å². The van der Waals surface area contributed by atoms with Crippen molar-refractivity contribution in [1.29, 1.82) is 0 Å². The number of rotatable bonds is 5. The number of hydrogen-bond donors (Lipinski definition) is 2. The van der Waals surface area contributed by atoms with Crippen LogP contribution in [0.15, 0.2) is 0 Å². The summed E-state index contributed by atoms with van der Waals surface area (Å²) in [5.74, 6) is -0.612. The second kappa shape index (κ2) is 6.75. The van der Waals surface area contributed by atoms with Crippen molar-refractivity contribution in [3.05, 3.63) is 0 Å².